The van der Waals surface area contributed by atoms with Crippen LogP contribution in [0, 0.1) is 29.8 Å². The van der Waals surface area contributed by atoms with Gasteiger partial charge in [0.05, 0.1) is 27.6 Å². The second-order valence-corrected chi connectivity index (χ2v) is 7.11. The molecule has 2 aromatic carbocycles. The zero-order chi connectivity index (χ0) is 20.0. The van der Waals surface area contributed by atoms with Gasteiger partial charge in [-0.25, -0.2) is 9.37 Å². The van der Waals surface area contributed by atoms with Gasteiger partial charge in [-0.15, -0.1) is 0 Å². The number of nitrogens with zero attached hydrogens (tertiary/aromatic N) is 3. The summed E-state index contributed by atoms with van der Waals surface area (Å²) >= 11 is 0. The van der Waals surface area contributed by atoms with Crippen LogP contribution in [0.3, 0.4) is 0 Å². The maximum atomic E-state index is 14.2. The fourth-order valence-corrected chi connectivity index (χ4v) is 3.68. The lowest BCUT2D eigenvalue weighted by atomic mass is 10.1. The SMILES string of the molecule is Cc1ccc(-n2c([C@H]3CCCN3)nc3c(C)cc([N+](=O)[O-])cc3c2=O)cc1F. The number of fused-ring (bicyclic) bond motifs is 1. The molecule has 1 aromatic heterocycles. The van der Waals surface area contributed by atoms with Crippen LogP contribution in [0.2, 0.25) is 0 Å². The Kier molecular flexibility index (Phi) is 4.43. The zero-order valence-corrected chi connectivity index (χ0v) is 15.5. The van der Waals surface area contributed by atoms with Gasteiger partial charge >= 0.3 is 0 Å². The first-order valence-corrected chi connectivity index (χ1v) is 9.08. The van der Waals surface area contributed by atoms with Crippen molar-refractivity contribution < 1.29 is 9.31 Å². The second kappa shape index (κ2) is 6.79. The number of non-ortho nitro benzene ring substituents is 1. The van der Waals surface area contributed by atoms with Gasteiger partial charge in [0.15, 0.2) is 0 Å². The van der Waals surface area contributed by atoms with Crippen molar-refractivity contribution in [2.75, 3.05) is 6.54 Å². The highest BCUT2D eigenvalue weighted by atomic mass is 19.1. The molecule has 0 aliphatic carbocycles. The van der Waals surface area contributed by atoms with Gasteiger partial charge in [0, 0.05) is 12.1 Å². The maximum Gasteiger partial charge on any atom is 0.270 e. The first-order chi connectivity index (χ1) is 13.4. The number of nitro benzene ring substituents is 1. The van der Waals surface area contributed by atoms with E-state index in [-0.39, 0.29) is 17.1 Å². The molecule has 1 atom stereocenters. The number of rotatable bonds is 3. The summed E-state index contributed by atoms with van der Waals surface area (Å²) in [5, 5.41) is 14.7. The lowest BCUT2D eigenvalue weighted by molar-refractivity contribution is -0.384. The zero-order valence-electron chi connectivity index (χ0n) is 15.5. The number of aromatic nitrogens is 2. The lowest BCUT2D eigenvalue weighted by Crippen LogP contribution is -2.29. The van der Waals surface area contributed by atoms with E-state index >= 15 is 0 Å². The molecule has 0 saturated carbocycles. The molecule has 7 nitrogen and oxygen atoms in total. The molecule has 0 amide bonds. The molecule has 4 rings (SSSR count). The molecule has 0 unspecified atom stereocenters. The van der Waals surface area contributed by atoms with E-state index in [2.05, 4.69) is 5.32 Å². The molecule has 1 aliphatic heterocycles. The van der Waals surface area contributed by atoms with E-state index < -0.39 is 16.3 Å². The topological polar surface area (TPSA) is 90.1 Å². The third-order valence-corrected chi connectivity index (χ3v) is 5.17. The quantitative estimate of drug-likeness (QED) is 0.553. The van der Waals surface area contributed by atoms with Crippen LogP contribution in [0.1, 0.15) is 35.8 Å². The van der Waals surface area contributed by atoms with Crippen molar-refractivity contribution in [3.05, 3.63) is 73.6 Å². The van der Waals surface area contributed by atoms with E-state index in [0.29, 0.717) is 28.2 Å². The fraction of sp³-hybridized carbons (Fsp3) is 0.300. The number of hydrogen-bond acceptors (Lipinski definition) is 5. The van der Waals surface area contributed by atoms with Crippen LogP contribution in [0.5, 0.6) is 0 Å². The molecule has 3 aromatic rings. The van der Waals surface area contributed by atoms with Gasteiger partial charge in [-0.2, -0.15) is 0 Å². The molecular weight excluding hydrogens is 363 g/mol. The highest BCUT2D eigenvalue weighted by Gasteiger charge is 2.25. The van der Waals surface area contributed by atoms with E-state index in [1.807, 2.05) is 0 Å². The Morgan fingerprint density at radius 3 is 2.68 bits per heavy atom. The Hall–Kier alpha value is -3.13. The van der Waals surface area contributed by atoms with Crippen molar-refractivity contribution >= 4 is 16.6 Å². The largest absolute Gasteiger partial charge is 0.307 e. The number of nitro groups is 1. The molecule has 1 saturated heterocycles. The molecule has 144 valence electrons. The van der Waals surface area contributed by atoms with Crippen molar-refractivity contribution in [3.8, 4) is 5.69 Å². The van der Waals surface area contributed by atoms with E-state index in [1.54, 1.807) is 26.0 Å². The Balaban J connectivity index is 2.08. The summed E-state index contributed by atoms with van der Waals surface area (Å²) in [7, 11) is 0. The molecule has 28 heavy (non-hydrogen) atoms. The van der Waals surface area contributed by atoms with E-state index in [4.69, 9.17) is 4.98 Å². The normalized spacial score (nSPS) is 16.6. The minimum absolute atomic E-state index is 0.143. The molecule has 8 heteroatoms. The third kappa shape index (κ3) is 2.95. The average Bonchev–Trinajstić information content (AvgIpc) is 3.19. The highest BCUT2D eigenvalue weighted by Crippen LogP contribution is 2.28. The minimum atomic E-state index is -0.534. The Morgan fingerprint density at radius 2 is 2.04 bits per heavy atom. The molecule has 0 spiro atoms. The van der Waals surface area contributed by atoms with E-state index in [9.17, 15) is 19.3 Å². The van der Waals surface area contributed by atoms with Crippen LogP contribution in [0.4, 0.5) is 10.1 Å². The van der Waals surface area contributed by atoms with Crippen molar-refractivity contribution in [2.24, 2.45) is 0 Å². The Labute approximate surface area is 160 Å². The highest BCUT2D eigenvalue weighted by molar-refractivity contribution is 5.84. The molecule has 2 heterocycles. The monoisotopic (exact) mass is 382 g/mol. The second-order valence-electron chi connectivity index (χ2n) is 7.11. The van der Waals surface area contributed by atoms with Gasteiger partial charge in [-0.3, -0.25) is 19.5 Å². The molecule has 0 radical (unpaired) electrons. The van der Waals surface area contributed by atoms with Gasteiger partial charge in [0.2, 0.25) is 0 Å². The van der Waals surface area contributed by atoms with Gasteiger partial charge in [0.25, 0.3) is 11.2 Å². The van der Waals surface area contributed by atoms with Gasteiger partial charge in [-0.05, 0) is 56.5 Å². The van der Waals surface area contributed by atoms with Crippen LogP contribution >= 0.6 is 0 Å². The predicted molar refractivity (Wildman–Crippen MR) is 103 cm³/mol. The van der Waals surface area contributed by atoms with Gasteiger partial charge in [-0.1, -0.05) is 6.07 Å². The standard InChI is InChI=1S/C20H19FN4O3/c1-11-5-6-13(10-16(11)21)24-19(17-4-3-7-22-17)23-18-12(2)8-14(25(27)28)9-15(18)20(24)26/h5-6,8-10,17,22H,3-4,7H2,1-2H3/t17-/m1/s1. The molecular formula is C20H19FN4O3. The summed E-state index contributed by atoms with van der Waals surface area (Å²) < 4.78 is 15.6. The van der Waals surface area contributed by atoms with Crippen molar-refractivity contribution in [2.45, 2.75) is 32.7 Å². The first-order valence-electron chi connectivity index (χ1n) is 9.08. The molecule has 1 N–H and O–H groups in total. The number of aryl methyl sites for hydroxylation is 2. The average molecular weight is 382 g/mol. The summed E-state index contributed by atoms with van der Waals surface area (Å²) in [4.78, 5) is 28.8. The van der Waals surface area contributed by atoms with Gasteiger partial charge < -0.3 is 5.32 Å². The summed E-state index contributed by atoms with van der Waals surface area (Å²) in [6.45, 7) is 4.15. The third-order valence-electron chi connectivity index (χ3n) is 5.17. The first kappa shape index (κ1) is 18.2. The maximum absolute atomic E-state index is 14.2. The molecule has 0 bridgehead atoms. The van der Waals surface area contributed by atoms with Crippen molar-refractivity contribution in [3.63, 3.8) is 0 Å². The Bertz CT molecular complexity index is 1170. The fourth-order valence-electron chi connectivity index (χ4n) is 3.68. The Morgan fingerprint density at radius 1 is 1.25 bits per heavy atom. The number of halogens is 1. The predicted octanol–water partition coefficient (Wildman–Crippen LogP) is 3.47. The van der Waals surface area contributed by atoms with Crippen molar-refractivity contribution in [1.29, 1.82) is 0 Å². The van der Waals surface area contributed by atoms with Crippen molar-refractivity contribution in [1.82, 2.24) is 14.9 Å². The molecule has 1 fully saturated rings. The van der Waals surface area contributed by atoms with Crippen LogP contribution < -0.4 is 10.9 Å². The van der Waals surface area contributed by atoms with Crippen LogP contribution in [-0.2, 0) is 0 Å². The van der Waals surface area contributed by atoms with Crippen LogP contribution in [0.15, 0.2) is 35.1 Å². The number of hydrogen-bond donors (Lipinski definition) is 1. The van der Waals surface area contributed by atoms with E-state index in [1.165, 1.54) is 22.8 Å². The minimum Gasteiger partial charge on any atom is -0.307 e. The number of benzene rings is 2. The summed E-state index contributed by atoms with van der Waals surface area (Å²) in [6, 6.07) is 7.08. The van der Waals surface area contributed by atoms with Gasteiger partial charge in [0.1, 0.15) is 11.6 Å². The summed E-state index contributed by atoms with van der Waals surface area (Å²) in [6.07, 6.45) is 1.75. The number of nitrogens with one attached hydrogen (secondary N) is 1. The van der Waals surface area contributed by atoms with Crippen LogP contribution in [-0.4, -0.2) is 21.0 Å². The lowest BCUT2D eigenvalue weighted by Gasteiger charge is -2.19. The van der Waals surface area contributed by atoms with E-state index in [0.717, 1.165) is 19.4 Å². The summed E-state index contributed by atoms with van der Waals surface area (Å²) in [5.41, 5.74) is 1.21. The molecule has 1 aliphatic rings. The summed E-state index contributed by atoms with van der Waals surface area (Å²) in [5.74, 6) is 0.0697. The van der Waals surface area contributed by atoms with Crippen LogP contribution in [0.25, 0.3) is 16.6 Å². The smallest absolute Gasteiger partial charge is 0.270 e.